The van der Waals surface area contributed by atoms with Gasteiger partial charge in [0.1, 0.15) is 12.4 Å². The van der Waals surface area contributed by atoms with Crippen LogP contribution >= 0.6 is 23.4 Å². The molecule has 1 aliphatic carbocycles. The van der Waals surface area contributed by atoms with Crippen molar-refractivity contribution < 1.29 is 14.7 Å². The Kier molecular flexibility index (Phi) is 9.10. The molecule has 0 bridgehead atoms. The van der Waals surface area contributed by atoms with Crippen LogP contribution in [0.2, 0.25) is 0 Å². The first-order valence-electron chi connectivity index (χ1n) is 7.75. The molecule has 0 saturated carbocycles. The number of hydrogen-bond acceptors (Lipinski definition) is 5. The Bertz CT molecular complexity index is 538. The molecule has 0 heterocycles. The van der Waals surface area contributed by atoms with Gasteiger partial charge in [-0.25, -0.2) is 0 Å². The number of aliphatic hydroxyl groups excluding tert-OH is 1. The molecule has 1 atom stereocenters. The van der Waals surface area contributed by atoms with Crippen LogP contribution in [0.3, 0.4) is 0 Å². The number of thioether (sulfide) groups is 1. The summed E-state index contributed by atoms with van der Waals surface area (Å²) in [4.78, 5) is 17.5. The first-order chi connectivity index (χ1) is 11.0. The van der Waals surface area contributed by atoms with E-state index in [4.69, 9.17) is 16.4 Å². The quantitative estimate of drug-likeness (QED) is 0.367. The Morgan fingerprint density at radius 3 is 2.87 bits per heavy atom. The number of hydrogen-bond donors (Lipinski definition) is 1. The highest BCUT2D eigenvalue weighted by Gasteiger charge is 2.25. The zero-order chi connectivity index (χ0) is 17.2. The molecule has 1 N–H and O–H groups in total. The van der Waals surface area contributed by atoms with Crippen LogP contribution in [0.25, 0.3) is 0 Å². The molecule has 0 radical (unpaired) electrons. The van der Waals surface area contributed by atoms with Gasteiger partial charge in [-0.3, -0.25) is 4.79 Å². The molecule has 1 unspecified atom stereocenters. The number of carbonyl (C=O) groups is 1. The summed E-state index contributed by atoms with van der Waals surface area (Å²) in [5.74, 6) is 0.920. The van der Waals surface area contributed by atoms with E-state index in [1.165, 1.54) is 5.54 Å². The predicted molar refractivity (Wildman–Crippen MR) is 98.2 cm³/mol. The summed E-state index contributed by atoms with van der Waals surface area (Å²) >= 11 is 7.25. The van der Waals surface area contributed by atoms with Gasteiger partial charge in [-0.2, -0.15) is 11.8 Å². The minimum atomic E-state index is -0.106. The summed E-state index contributed by atoms with van der Waals surface area (Å²) in [6, 6.07) is 0. The van der Waals surface area contributed by atoms with Gasteiger partial charge in [-0.15, -0.1) is 0 Å². The van der Waals surface area contributed by atoms with Gasteiger partial charge in [-0.1, -0.05) is 43.1 Å². The molecule has 0 fully saturated rings. The molecule has 0 aromatic rings. The van der Waals surface area contributed by atoms with E-state index in [0.717, 1.165) is 17.7 Å². The molecule has 0 aromatic heterocycles. The molecule has 6 heteroatoms. The molecule has 0 aliphatic heterocycles. The number of halogens is 1. The second-order valence-electron chi connectivity index (χ2n) is 5.18. The third-order valence-electron chi connectivity index (χ3n) is 3.32. The fourth-order valence-electron chi connectivity index (χ4n) is 2.39. The monoisotopic (exact) mass is 357 g/mol. The average molecular weight is 358 g/mol. The highest BCUT2D eigenvalue weighted by molar-refractivity contribution is 7.99. The van der Waals surface area contributed by atoms with Crippen molar-refractivity contribution in [2.24, 2.45) is 5.16 Å². The molecule has 128 valence electrons. The number of aliphatic hydroxyl groups is 1. The zero-order valence-electron chi connectivity index (χ0n) is 13.8. The van der Waals surface area contributed by atoms with E-state index < -0.39 is 0 Å². The second-order valence-corrected chi connectivity index (χ2v) is 7.15. The number of ketones is 1. The Labute approximate surface area is 147 Å². The lowest BCUT2D eigenvalue weighted by molar-refractivity contribution is -0.114. The third-order valence-corrected chi connectivity index (χ3v) is 4.57. The second kappa shape index (κ2) is 10.6. The van der Waals surface area contributed by atoms with Crippen LogP contribution < -0.4 is 0 Å². The molecule has 23 heavy (non-hydrogen) atoms. The van der Waals surface area contributed by atoms with Gasteiger partial charge in [0.25, 0.3) is 0 Å². The number of rotatable bonds is 9. The van der Waals surface area contributed by atoms with Crippen molar-refractivity contribution in [3.8, 4) is 0 Å². The average Bonchev–Trinajstić information content (AvgIpc) is 2.49. The van der Waals surface area contributed by atoms with E-state index in [2.05, 4.69) is 19.0 Å². The molecular weight excluding hydrogens is 334 g/mol. The van der Waals surface area contributed by atoms with Crippen molar-refractivity contribution in [1.82, 2.24) is 0 Å². The van der Waals surface area contributed by atoms with E-state index in [-0.39, 0.29) is 23.7 Å². The van der Waals surface area contributed by atoms with Gasteiger partial charge in [0, 0.05) is 17.2 Å². The predicted octanol–water partition coefficient (Wildman–Crippen LogP) is 4.76. The van der Waals surface area contributed by atoms with Crippen molar-refractivity contribution >= 4 is 34.9 Å². The normalized spacial score (nSPS) is 17.7. The van der Waals surface area contributed by atoms with Crippen LogP contribution in [0.1, 0.15) is 40.0 Å². The third kappa shape index (κ3) is 6.43. The lowest BCUT2D eigenvalue weighted by atomic mass is 9.90. The maximum Gasteiger partial charge on any atom is 0.172 e. The molecule has 0 saturated heterocycles. The summed E-state index contributed by atoms with van der Waals surface area (Å²) in [6.45, 7) is 6.34. The van der Waals surface area contributed by atoms with Crippen LogP contribution in [-0.4, -0.2) is 34.2 Å². The maximum absolute atomic E-state index is 12.4. The number of allylic oxidation sites excluding steroid dienone is 3. The minimum absolute atomic E-state index is 0.0120. The van der Waals surface area contributed by atoms with E-state index >= 15 is 0 Å². The summed E-state index contributed by atoms with van der Waals surface area (Å²) in [6.07, 6.45) is 4.93. The maximum atomic E-state index is 12.4. The highest BCUT2D eigenvalue weighted by atomic mass is 35.5. The Hall–Kier alpha value is -1.20. The van der Waals surface area contributed by atoms with Gasteiger partial charge in [0.2, 0.25) is 0 Å². The van der Waals surface area contributed by atoms with Gasteiger partial charge in [0.05, 0.1) is 11.3 Å². The van der Waals surface area contributed by atoms with Gasteiger partial charge >= 0.3 is 0 Å². The van der Waals surface area contributed by atoms with E-state index in [0.29, 0.717) is 23.8 Å². The van der Waals surface area contributed by atoms with Gasteiger partial charge in [-0.05, 0) is 30.7 Å². The topological polar surface area (TPSA) is 58.9 Å². The largest absolute Gasteiger partial charge is 0.507 e. The molecule has 1 aliphatic rings. The van der Waals surface area contributed by atoms with E-state index in [9.17, 15) is 9.90 Å². The van der Waals surface area contributed by atoms with Crippen LogP contribution in [0.15, 0.2) is 39.7 Å². The minimum Gasteiger partial charge on any atom is -0.507 e. The molecular formula is C17H24ClNO3S. The molecule has 1 rings (SSSR count). The number of Topliss-reactive ketones (excluding diaryl/α,β-unsaturated/α-hetero) is 1. The molecule has 0 aromatic carbocycles. The van der Waals surface area contributed by atoms with Crippen molar-refractivity contribution in [3.63, 3.8) is 0 Å². The number of nitrogens with zero attached hydrogens (tertiary/aromatic N) is 1. The summed E-state index contributed by atoms with van der Waals surface area (Å²) in [5, 5.41) is 14.6. The van der Waals surface area contributed by atoms with Crippen molar-refractivity contribution in [3.05, 3.63) is 34.6 Å². The SMILES string of the molecule is CCSC(C)CC1=CC(O)=C(C(CC)=NOCC=CCl)C(=O)C1. The summed E-state index contributed by atoms with van der Waals surface area (Å²) in [7, 11) is 0. The van der Waals surface area contributed by atoms with E-state index in [1.54, 1.807) is 12.2 Å². The first kappa shape index (κ1) is 19.8. The summed E-state index contributed by atoms with van der Waals surface area (Å²) < 4.78 is 0. The number of carbonyl (C=O) groups excluding carboxylic acids is 1. The number of oxime groups is 1. The molecule has 4 nitrogen and oxygen atoms in total. The fraction of sp³-hybridized carbons (Fsp3) is 0.529. The molecule has 0 amide bonds. The first-order valence-corrected chi connectivity index (χ1v) is 9.23. The molecule has 0 spiro atoms. The van der Waals surface area contributed by atoms with Crippen molar-refractivity contribution in [2.45, 2.75) is 45.3 Å². The standard InChI is InChI=1S/C17H24ClNO3S/c1-4-14(19-22-8-6-7-18)17-15(20)10-13(11-16(17)21)9-12(3)23-5-2/h6-7,10,12,20H,4-5,8-9,11H2,1-3H3. The highest BCUT2D eigenvalue weighted by Crippen LogP contribution is 2.28. The smallest absolute Gasteiger partial charge is 0.172 e. The van der Waals surface area contributed by atoms with Crippen LogP contribution in [-0.2, 0) is 9.63 Å². The fourth-order valence-corrected chi connectivity index (χ4v) is 3.36. The Balaban J connectivity index is 2.91. The van der Waals surface area contributed by atoms with Crippen LogP contribution in [0.4, 0.5) is 0 Å². The van der Waals surface area contributed by atoms with Crippen molar-refractivity contribution in [2.75, 3.05) is 12.4 Å². The van der Waals surface area contributed by atoms with Crippen LogP contribution in [0, 0.1) is 0 Å². The van der Waals surface area contributed by atoms with Gasteiger partial charge in [0.15, 0.2) is 5.78 Å². The van der Waals surface area contributed by atoms with Crippen LogP contribution in [0.5, 0.6) is 0 Å². The van der Waals surface area contributed by atoms with E-state index in [1.807, 2.05) is 18.7 Å². The lowest BCUT2D eigenvalue weighted by Gasteiger charge is -2.19. The Morgan fingerprint density at radius 1 is 1.57 bits per heavy atom. The lowest BCUT2D eigenvalue weighted by Crippen LogP contribution is -2.20. The summed E-state index contributed by atoms with van der Waals surface area (Å²) in [5.41, 5.74) is 3.03. The van der Waals surface area contributed by atoms with Crippen molar-refractivity contribution in [1.29, 1.82) is 0 Å². The zero-order valence-corrected chi connectivity index (χ0v) is 15.4. The Morgan fingerprint density at radius 2 is 2.30 bits per heavy atom. The van der Waals surface area contributed by atoms with Gasteiger partial charge < -0.3 is 9.94 Å².